The van der Waals surface area contributed by atoms with E-state index in [1.807, 2.05) is 5.92 Å². The molecule has 0 radical (unpaired) electrons. The zero-order valence-corrected chi connectivity index (χ0v) is 7.56. The van der Waals surface area contributed by atoms with E-state index in [0.717, 1.165) is 0 Å². The van der Waals surface area contributed by atoms with Crippen LogP contribution in [0.1, 0.15) is 10.4 Å². The Morgan fingerprint density at radius 3 is 2.75 bits per heavy atom. The number of carbonyl (C=O) groups is 1. The minimum absolute atomic E-state index is 0.239. The molecule has 0 bridgehead atoms. The summed E-state index contributed by atoms with van der Waals surface area (Å²) in [6.45, 7) is 0. The van der Waals surface area contributed by atoms with Gasteiger partial charge in [-0.2, -0.15) is 0 Å². The first-order chi connectivity index (χ1) is 5.65. The van der Waals surface area contributed by atoms with Gasteiger partial charge < -0.3 is 0 Å². The molecule has 0 saturated carbocycles. The highest BCUT2D eigenvalue weighted by molar-refractivity contribution is 9.10. The number of benzene rings is 1. The van der Waals surface area contributed by atoms with E-state index < -0.39 is 11.6 Å². The topological polar surface area (TPSA) is 17.1 Å². The molecule has 0 aliphatic heterocycles. The van der Waals surface area contributed by atoms with Gasteiger partial charge in [0.05, 0.1) is 4.47 Å². The van der Waals surface area contributed by atoms with Gasteiger partial charge in [-0.15, -0.1) is 6.42 Å². The van der Waals surface area contributed by atoms with Crippen molar-refractivity contribution in [2.45, 2.75) is 0 Å². The average molecular weight is 227 g/mol. The van der Waals surface area contributed by atoms with Crippen LogP contribution in [0.5, 0.6) is 0 Å². The summed E-state index contributed by atoms with van der Waals surface area (Å²) in [6, 6.07) is 3.90. The molecule has 1 rings (SSSR count). The molecule has 1 aromatic carbocycles. The number of rotatable bonds is 1. The Balaban J connectivity index is 3.15. The molecule has 0 heterocycles. The van der Waals surface area contributed by atoms with Crippen LogP contribution in [-0.4, -0.2) is 5.78 Å². The van der Waals surface area contributed by atoms with Gasteiger partial charge in [-0.3, -0.25) is 4.79 Å². The second-order valence-electron chi connectivity index (χ2n) is 2.10. The molecule has 60 valence electrons. The van der Waals surface area contributed by atoms with Gasteiger partial charge >= 0.3 is 0 Å². The van der Waals surface area contributed by atoms with E-state index in [2.05, 4.69) is 15.9 Å². The Morgan fingerprint density at radius 2 is 2.25 bits per heavy atom. The van der Waals surface area contributed by atoms with E-state index in [-0.39, 0.29) is 4.47 Å². The Morgan fingerprint density at radius 1 is 1.58 bits per heavy atom. The molecule has 0 aliphatic rings. The molecule has 0 N–H and O–H groups in total. The van der Waals surface area contributed by atoms with E-state index >= 15 is 0 Å². The standard InChI is InChI=1S/C9H4BrFO/c1-2-9(12)6-3-4-8(11)7(10)5-6/h1,3-5H. The molecule has 0 unspecified atom stereocenters. The molecule has 1 aromatic rings. The summed E-state index contributed by atoms with van der Waals surface area (Å²) < 4.78 is 12.9. The molecule has 0 atom stereocenters. The molecular weight excluding hydrogens is 223 g/mol. The SMILES string of the molecule is C#CC(=O)c1ccc(F)c(Br)c1. The quantitative estimate of drug-likeness (QED) is 0.409. The van der Waals surface area contributed by atoms with Crippen molar-refractivity contribution in [1.82, 2.24) is 0 Å². The molecule has 0 amide bonds. The maximum Gasteiger partial charge on any atom is 0.235 e. The molecule has 12 heavy (non-hydrogen) atoms. The van der Waals surface area contributed by atoms with Gasteiger partial charge in [0.1, 0.15) is 5.82 Å². The first-order valence-corrected chi connectivity index (χ1v) is 3.90. The van der Waals surface area contributed by atoms with Gasteiger partial charge in [0.15, 0.2) is 0 Å². The van der Waals surface area contributed by atoms with Crippen molar-refractivity contribution in [1.29, 1.82) is 0 Å². The summed E-state index contributed by atoms with van der Waals surface area (Å²) in [7, 11) is 0. The summed E-state index contributed by atoms with van der Waals surface area (Å²) in [5.41, 5.74) is 0.311. The second kappa shape index (κ2) is 3.51. The maximum absolute atomic E-state index is 12.7. The van der Waals surface area contributed by atoms with Crippen LogP contribution in [0.4, 0.5) is 4.39 Å². The number of carbonyl (C=O) groups excluding carboxylic acids is 1. The Bertz CT molecular complexity index is 365. The normalized spacial score (nSPS) is 9.08. The monoisotopic (exact) mass is 226 g/mol. The first-order valence-electron chi connectivity index (χ1n) is 3.11. The molecule has 0 fully saturated rings. The Kier molecular flexibility index (Phi) is 2.61. The highest BCUT2D eigenvalue weighted by Crippen LogP contribution is 2.16. The number of hydrogen-bond acceptors (Lipinski definition) is 1. The lowest BCUT2D eigenvalue weighted by Gasteiger charge is -1.96. The van der Waals surface area contributed by atoms with Gasteiger partial charge in [0, 0.05) is 5.56 Å². The summed E-state index contributed by atoms with van der Waals surface area (Å²) in [4.78, 5) is 10.9. The lowest BCUT2D eigenvalue weighted by molar-refractivity contribution is 0.105. The van der Waals surface area contributed by atoms with Crippen LogP contribution in [0.3, 0.4) is 0 Å². The third-order valence-electron chi connectivity index (χ3n) is 1.31. The van der Waals surface area contributed by atoms with Gasteiger partial charge in [0.25, 0.3) is 0 Å². The van der Waals surface area contributed by atoms with E-state index in [1.54, 1.807) is 0 Å². The maximum atomic E-state index is 12.7. The zero-order valence-electron chi connectivity index (χ0n) is 5.97. The molecule has 0 aliphatic carbocycles. The fourth-order valence-electron chi connectivity index (χ4n) is 0.721. The van der Waals surface area contributed by atoms with Gasteiger partial charge in [-0.25, -0.2) is 4.39 Å². The lowest BCUT2D eigenvalue weighted by atomic mass is 10.1. The molecule has 0 saturated heterocycles. The number of hydrogen-bond donors (Lipinski definition) is 0. The Hall–Kier alpha value is -1.14. The molecule has 3 heteroatoms. The fourth-order valence-corrected chi connectivity index (χ4v) is 1.10. The highest BCUT2D eigenvalue weighted by atomic mass is 79.9. The number of halogens is 2. The summed E-state index contributed by atoms with van der Waals surface area (Å²) in [5, 5.41) is 0. The molecule has 0 spiro atoms. The first kappa shape index (κ1) is 8.95. The van der Waals surface area contributed by atoms with Crippen molar-refractivity contribution in [3.63, 3.8) is 0 Å². The van der Waals surface area contributed by atoms with Crippen molar-refractivity contribution in [2.24, 2.45) is 0 Å². The van der Waals surface area contributed by atoms with Crippen LogP contribution in [-0.2, 0) is 0 Å². The predicted octanol–water partition coefficient (Wildman–Crippen LogP) is 2.40. The molecule has 1 nitrogen and oxygen atoms in total. The van der Waals surface area contributed by atoms with Gasteiger partial charge in [0.2, 0.25) is 5.78 Å². The fraction of sp³-hybridized carbons (Fsp3) is 0. The van der Waals surface area contributed by atoms with Crippen LogP contribution in [0.15, 0.2) is 22.7 Å². The van der Waals surface area contributed by atoms with Gasteiger partial charge in [-0.1, -0.05) is 0 Å². The predicted molar refractivity (Wildman–Crippen MR) is 47.3 cm³/mol. The number of ketones is 1. The summed E-state index contributed by atoms with van der Waals surface area (Å²) in [5.74, 6) is 1.08. The van der Waals surface area contributed by atoms with Gasteiger partial charge in [-0.05, 0) is 40.0 Å². The van der Waals surface area contributed by atoms with Crippen molar-refractivity contribution < 1.29 is 9.18 Å². The Labute approximate surface area is 77.7 Å². The third kappa shape index (κ3) is 1.72. The second-order valence-corrected chi connectivity index (χ2v) is 2.96. The third-order valence-corrected chi connectivity index (χ3v) is 1.92. The number of terminal acetylenes is 1. The van der Waals surface area contributed by atoms with E-state index in [4.69, 9.17) is 6.42 Å². The van der Waals surface area contributed by atoms with Crippen LogP contribution >= 0.6 is 15.9 Å². The molecule has 0 aromatic heterocycles. The minimum Gasteiger partial charge on any atom is -0.279 e. The van der Waals surface area contributed by atoms with Crippen molar-refractivity contribution >= 4 is 21.7 Å². The molecular formula is C9H4BrFO. The average Bonchev–Trinajstić information content (AvgIpc) is 2.08. The zero-order chi connectivity index (χ0) is 9.14. The minimum atomic E-state index is -0.448. The van der Waals surface area contributed by atoms with E-state index in [0.29, 0.717) is 5.56 Å². The van der Waals surface area contributed by atoms with Crippen LogP contribution < -0.4 is 0 Å². The van der Waals surface area contributed by atoms with E-state index in [1.165, 1.54) is 18.2 Å². The largest absolute Gasteiger partial charge is 0.279 e. The van der Waals surface area contributed by atoms with Crippen LogP contribution in [0, 0.1) is 18.2 Å². The summed E-state index contributed by atoms with van der Waals surface area (Å²) in [6.07, 6.45) is 4.88. The van der Waals surface area contributed by atoms with Crippen LogP contribution in [0.25, 0.3) is 0 Å². The van der Waals surface area contributed by atoms with Crippen molar-refractivity contribution in [2.75, 3.05) is 0 Å². The van der Waals surface area contributed by atoms with Crippen molar-refractivity contribution in [3.05, 3.63) is 34.1 Å². The lowest BCUT2D eigenvalue weighted by Crippen LogP contribution is -1.94. The summed E-state index contributed by atoms with van der Waals surface area (Å²) >= 11 is 2.95. The highest BCUT2D eigenvalue weighted by Gasteiger charge is 2.04. The van der Waals surface area contributed by atoms with Crippen molar-refractivity contribution in [3.8, 4) is 12.3 Å². The van der Waals surface area contributed by atoms with E-state index in [9.17, 15) is 9.18 Å². The number of Topliss-reactive ketones (excluding diaryl/α,β-unsaturated/α-hetero) is 1. The van der Waals surface area contributed by atoms with Crippen LogP contribution in [0.2, 0.25) is 0 Å². The smallest absolute Gasteiger partial charge is 0.235 e.